The lowest BCUT2D eigenvalue weighted by Crippen LogP contribution is -2.01. The van der Waals surface area contributed by atoms with Crippen LogP contribution in [0.5, 0.6) is 0 Å². The molecule has 104 valence electrons. The van der Waals surface area contributed by atoms with Gasteiger partial charge >= 0.3 is 0 Å². The molecule has 0 spiro atoms. The van der Waals surface area contributed by atoms with Gasteiger partial charge in [0.2, 0.25) is 0 Å². The number of nitrogens with zero attached hydrogens (tertiary/aromatic N) is 2. The maximum absolute atomic E-state index is 6.25. The Morgan fingerprint density at radius 1 is 1.15 bits per heavy atom. The Kier molecular flexibility index (Phi) is 3.89. The molecule has 0 amide bonds. The van der Waals surface area contributed by atoms with E-state index in [1.165, 1.54) is 36.3 Å². The molecule has 0 unspecified atom stereocenters. The van der Waals surface area contributed by atoms with Gasteiger partial charge in [-0.15, -0.1) is 28.3 Å². The Labute approximate surface area is 137 Å². The van der Waals surface area contributed by atoms with Crippen molar-refractivity contribution in [2.45, 2.75) is 25.7 Å². The molecule has 1 aromatic carbocycles. The summed E-state index contributed by atoms with van der Waals surface area (Å²) in [5.41, 5.74) is 3.45. The Morgan fingerprint density at radius 2 is 1.95 bits per heavy atom. The van der Waals surface area contributed by atoms with Crippen molar-refractivity contribution >= 4 is 44.9 Å². The lowest BCUT2D eigenvalue weighted by Gasteiger charge is -2.09. The van der Waals surface area contributed by atoms with Crippen LogP contribution in [0.1, 0.15) is 23.4 Å². The summed E-state index contributed by atoms with van der Waals surface area (Å²) < 4.78 is 2.26. The first-order chi connectivity index (χ1) is 9.33. The van der Waals surface area contributed by atoms with Gasteiger partial charge in [-0.05, 0) is 31.7 Å². The van der Waals surface area contributed by atoms with Crippen molar-refractivity contribution in [2.24, 2.45) is 0 Å². The summed E-state index contributed by atoms with van der Waals surface area (Å²) in [6.07, 6.45) is 7.13. The van der Waals surface area contributed by atoms with E-state index in [1.54, 1.807) is 0 Å². The Bertz CT molecular complexity index is 762. The summed E-state index contributed by atoms with van der Waals surface area (Å²) in [4.78, 5) is 7.36. The minimum atomic E-state index is 0. The summed E-state index contributed by atoms with van der Waals surface area (Å²) in [7, 11) is 0. The largest absolute Gasteiger partial charge is 0.294 e. The second-order valence-electron chi connectivity index (χ2n) is 4.94. The van der Waals surface area contributed by atoms with Crippen molar-refractivity contribution in [1.29, 1.82) is 0 Å². The summed E-state index contributed by atoms with van der Waals surface area (Å²) in [5, 5.41) is 0.766. The first kappa shape index (κ1) is 14.1. The molecular formula is C15H14BrClN2S. The molecule has 2 heterocycles. The standard InChI is InChI=1S/C15H13ClN2S.BrH/c16-11-6-2-1-5-10(11)12-9-18-13-7-3-4-8-14(13)19-15(18)17-12;/h1-2,5-6,9H,3-4,7-8H2;1H. The van der Waals surface area contributed by atoms with Crippen LogP contribution in [-0.4, -0.2) is 9.38 Å². The van der Waals surface area contributed by atoms with E-state index in [9.17, 15) is 0 Å². The lowest BCUT2D eigenvalue weighted by molar-refractivity contribution is 0.674. The molecule has 4 rings (SSSR count). The van der Waals surface area contributed by atoms with Gasteiger partial charge in [0.1, 0.15) is 0 Å². The van der Waals surface area contributed by atoms with Crippen LogP contribution in [0.15, 0.2) is 30.5 Å². The molecule has 1 aliphatic rings. The molecule has 2 nitrogen and oxygen atoms in total. The number of hydrogen-bond acceptors (Lipinski definition) is 2. The van der Waals surface area contributed by atoms with Gasteiger partial charge < -0.3 is 0 Å². The summed E-state index contributed by atoms with van der Waals surface area (Å²) in [6, 6.07) is 7.90. The zero-order chi connectivity index (χ0) is 12.8. The third kappa shape index (κ3) is 2.20. The van der Waals surface area contributed by atoms with Crippen LogP contribution in [0, 0.1) is 0 Å². The highest BCUT2D eigenvalue weighted by atomic mass is 79.9. The number of benzene rings is 1. The predicted molar refractivity (Wildman–Crippen MR) is 90.5 cm³/mol. The molecule has 0 radical (unpaired) electrons. The minimum Gasteiger partial charge on any atom is -0.294 e. The van der Waals surface area contributed by atoms with E-state index in [1.807, 2.05) is 35.6 Å². The van der Waals surface area contributed by atoms with Gasteiger partial charge in [0, 0.05) is 22.3 Å². The number of aryl methyl sites for hydroxylation is 2. The Hall–Kier alpha value is -0.840. The van der Waals surface area contributed by atoms with Crippen LogP contribution < -0.4 is 0 Å². The minimum absolute atomic E-state index is 0. The number of thiazole rings is 1. The average Bonchev–Trinajstić information content (AvgIpc) is 2.96. The summed E-state index contributed by atoms with van der Waals surface area (Å²) >= 11 is 8.08. The van der Waals surface area contributed by atoms with E-state index < -0.39 is 0 Å². The van der Waals surface area contributed by atoms with Crippen molar-refractivity contribution in [3.63, 3.8) is 0 Å². The van der Waals surface area contributed by atoms with Crippen molar-refractivity contribution in [3.8, 4) is 11.3 Å². The summed E-state index contributed by atoms with van der Waals surface area (Å²) in [6.45, 7) is 0. The zero-order valence-electron chi connectivity index (χ0n) is 10.8. The van der Waals surface area contributed by atoms with Gasteiger partial charge in [-0.1, -0.05) is 29.8 Å². The molecule has 1 aliphatic carbocycles. The molecule has 0 saturated heterocycles. The molecule has 0 atom stereocenters. The number of aromatic nitrogens is 2. The van der Waals surface area contributed by atoms with Crippen LogP contribution in [0.4, 0.5) is 0 Å². The molecule has 5 heteroatoms. The Balaban J connectivity index is 0.00000121. The van der Waals surface area contributed by atoms with Gasteiger partial charge in [0.05, 0.1) is 10.7 Å². The second-order valence-corrected chi connectivity index (χ2v) is 6.41. The fraction of sp³-hybridized carbons (Fsp3) is 0.267. The van der Waals surface area contributed by atoms with Crippen molar-refractivity contribution in [1.82, 2.24) is 9.38 Å². The number of hydrogen-bond donors (Lipinski definition) is 0. The highest BCUT2D eigenvalue weighted by molar-refractivity contribution is 8.93. The van der Waals surface area contributed by atoms with E-state index in [-0.39, 0.29) is 17.0 Å². The maximum atomic E-state index is 6.25. The normalized spacial score (nSPS) is 14.1. The monoisotopic (exact) mass is 368 g/mol. The van der Waals surface area contributed by atoms with E-state index in [0.29, 0.717) is 0 Å². The molecule has 20 heavy (non-hydrogen) atoms. The van der Waals surface area contributed by atoms with E-state index >= 15 is 0 Å². The molecular weight excluding hydrogens is 356 g/mol. The first-order valence-electron chi connectivity index (χ1n) is 6.57. The van der Waals surface area contributed by atoms with Crippen LogP contribution in [-0.2, 0) is 12.8 Å². The predicted octanol–water partition coefficient (Wildman–Crippen LogP) is 5.17. The number of rotatable bonds is 1. The fourth-order valence-electron chi connectivity index (χ4n) is 2.76. The van der Waals surface area contributed by atoms with Gasteiger partial charge in [0.15, 0.2) is 4.96 Å². The average molecular weight is 370 g/mol. The number of imidazole rings is 1. The van der Waals surface area contributed by atoms with E-state index in [4.69, 9.17) is 16.6 Å². The molecule has 0 N–H and O–H groups in total. The fourth-order valence-corrected chi connectivity index (χ4v) is 4.19. The van der Waals surface area contributed by atoms with Crippen molar-refractivity contribution in [2.75, 3.05) is 0 Å². The quantitative estimate of drug-likeness (QED) is 0.578. The number of fused-ring (bicyclic) bond motifs is 3. The topological polar surface area (TPSA) is 17.3 Å². The molecule has 2 aromatic heterocycles. The van der Waals surface area contributed by atoms with Crippen LogP contribution >= 0.6 is 39.9 Å². The van der Waals surface area contributed by atoms with Gasteiger partial charge in [-0.3, -0.25) is 4.40 Å². The van der Waals surface area contributed by atoms with Gasteiger partial charge in [-0.2, -0.15) is 0 Å². The molecule has 3 aromatic rings. The van der Waals surface area contributed by atoms with Gasteiger partial charge in [-0.25, -0.2) is 4.98 Å². The second kappa shape index (κ2) is 5.51. The third-order valence-electron chi connectivity index (χ3n) is 3.72. The molecule has 0 bridgehead atoms. The van der Waals surface area contributed by atoms with E-state index in [0.717, 1.165) is 21.2 Å². The SMILES string of the molecule is Br.Clc1ccccc1-c1cn2c3c(sc2n1)CCCC3. The lowest BCUT2D eigenvalue weighted by atomic mass is 10.0. The van der Waals surface area contributed by atoms with Crippen molar-refractivity contribution in [3.05, 3.63) is 46.1 Å². The zero-order valence-corrected chi connectivity index (χ0v) is 14.1. The molecule has 0 saturated carbocycles. The maximum Gasteiger partial charge on any atom is 0.194 e. The third-order valence-corrected chi connectivity index (χ3v) is 5.20. The highest BCUT2D eigenvalue weighted by Crippen LogP contribution is 2.33. The Morgan fingerprint density at radius 3 is 2.80 bits per heavy atom. The van der Waals surface area contributed by atoms with Gasteiger partial charge in [0.25, 0.3) is 0 Å². The van der Waals surface area contributed by atoms with Crippen LogP contribution in [0.3, 0.4) is 0 Å². The number of halogens is 2. The molecule has 0 fully saturated rings. The smallest absolute Gasteiger partial charge is 0.194 e. The molecule has 0 aliphatic heterocycles. The first-order valence-corrected chi connectivity index (χ1v) is 7.77. The van der Waals surface area contributed by atoms with E-state index in [2.05, 4.69) is 10.6 Å². The van der Waals surface area contributed by atoms with Crippen molar-refractivity contribution < 1.29 is 0 Å². The highest BCUT2D eigenvalue weighted by Gasteiger charge is 2.18. The van der Waals surface area contributed by atoms with Crippen LogP contribution in [0.25, 0.3) is 16.2 Å². The van der Waals surface area contributed by atoms with Crippen LogP contribution in [0.2, 0.25) is 5.02 Å². The summed E-state index contributed by atoms with van der Waals surface area (Å²) in [5.74, 6) is 0.